The maximum atomic E-state index is 12.7. The number of nitrogens with one attached hydrogen (secondary N) is 1. The number of hydrogen-bond acceptors (Lipinski definition) is 4. The molecule has 3 aromatic carbocycles. The van der Waals surface area contributed by atoms with Gasteiger partial charge in [0.25, 0.3) is 5.91 Å². The van der Waals surface area contributed by atoms with Crippen LogP contribution < -0.4 is 10.2 Å². The fraction of sp³-hybridized carbons (Fsp3) is 0.160. The SMILES string of the molecule is CCN(C)c1cc(Cl)nc(Cc2ccc(NC(=O)c3ccc4ccccc4c3)cc2)n1. The number of anilines is 2. The molecule has 0 aliphatic rings. The van der Waals surface area contributed by atoms with Crippen LogP contribution in [0.25, 0.3) is 10.8 Å². The van der Waals surface area contributed by atoms with E-state index in [1.807, 2.05) is 78.7 Å². The molecule has 1 aromatic heterocycles. The number of carbonyl (C=O) groups is 1. The first kappa shape index (κ1) is 20.8. The van der Waals surface area contributed by atoms with Crippen LogP contribution in [-0.2, 0) is 6.42 Å². The van der Waals surface area contributed by atoms with Crippen LogP contribution in [0.3, 0.4) is 0 Å². The second-order valence-corrected chi connectivity index (χ2v) is 7.76. The van der Waals surface area contributed by atoms with E-state index in [2.05, 4.69) is 22.2 Å². The largest absolute Gasteiger partial charge is 0.360 e. The Labute approximate surface area is 186 Å². The van der Waals surface area contributed by atoms with E-state index < -0.39 is 0 Å². The van der Waals surface area contributed by atoms with Crippen molar-refractivity contribution >= 4 is 39.8 Å². The molecule has 1 heterocycles. The minimum Gasteiger partial charge on any atom is -0.360 e. The number of aromatic nitrogens is 2. The number of nitrogens with zero attached hydrogens (tertiary/aromatic N) is 3. The summed E-state index contributed by atoms with van der Waals surface area (Å²) < 4.78 is 0. The van der Waals surface area contributed by atoms with Crippen LogP contribution in [0.4, 0.5) is 11.5 Å². The summed E-state index contributed by atoms with van der Waals surface area (Å²) in [4.78, 5) is 23.6. The highest BCUT2D eigenvalue weighted by Crippen LogP contribution is 2.19. The predicted molar refractivity (Wildman–Crippen MR) is 127 cm³/mol. The van der Waals surface area contributed by atoms with Crippen LogP contribution in [0.15, 0.2) is 72.8 Å². The van der Waals surface area contributed by atoms with Gasteiger partial charge in [0.15, 0.2) is 0 Å². The smallest absolute Gasteiger partial charge is 0.255 e. The van der Waals surface area contributed by atoms with Crippen molar-refractivity contribution in [3.8, 4) is 0 Å². The molecule has 5 nitrogen and oxygen atoms in total. The van der Waals surface area contributed by atoms with E-state index in [9.17, 15) is 4.79 Å². The molecule has 0 aliphatic heterocycles. The first-order chi connectivity index (χ1) is 15.0. The molecule has 1 amide bonds. The maximum Gasteiger partial charge on any atom is 0.255 e. The van der Waals surface area contributed by atoms with Crippen LogP contribution in [0.5, 0.6) is 0 Å². The molecule has 0 bridgehead atoms. The van der Waals surface area contributed by atoms with Crippen molar-refractivity contribution in [2.45, 2.75) is 13.3 Å². The van der Waals surface area contributed by atoms with Crippen molar-refractivity contribution in [3.63, 3.8) is 0 Å². The molecule has 4 aromatic rings. The summed E-state index contributed by atoms with van der Waals surface area (Å²) in [5, 5.41) is 5.54. The zero-order valence-electron chi connectivity index (χ0n) is 17.5. The highest BCUT2D eigenvalue weighted by Gasteiger charge is 2.09. The Balaban J connectivity index is 1.45. The van der Waals surface area contributed by atoms with Gasteiger partial charge in [0.2, 0.25) is 0 Å². The van der Waals surface area contributed by atoms with Gasteiger partial charge in [0, 0.05) is 37.3 Å². The van der Waals surface area contributed by atoms with Crippen molar-refractivity contribution in [3.05, 3.63) is 94.9 Å². The Morgan fingerprint density at radius 1 is 0.968 bits per heavy atom. The van der Waals surface area contributed by atoms with Crippen LogP contribution in [0.2, 0.25) is 5.15 Å². The number of benzene rings is 3. The van der Waals surface area contributed by atoms with Crippen LogP contribution in [-0.4, -0.2) is 29.5 Å². The molecule has 0 saturated heterocycles. The summed E-state index contributed by atoms with van der Waals surface area (Å²) in [5.74, 6) is 1.33. The molecular formula is C25H23ClN4O. The number of hydrogen-bond donors (Lipinski definition) is 1. The minimum absolute atomic E-state index is 0.135. The van der Waals surface area contributed by atoms with Gasteiger partial charge in [-0.1, -0.05) is 54.1 Å². The van der Waals surface area contributed by atoms with E-state index >= 15 is 0 Å². The topological polar surface area (TPSA) is 58.1 Å². The molecular weight excluding hydrogens is 408 g/mol. The molecule has 0 fully saturated rings. The molecule has 1 N–H and O–H groups in total. The summed E-state index contributed by atoms with van der Waals surface area (Å²) in [6.45, 7) is 2.89. The van der Waals surface area contributed by atoms with Gasteiger partial charge >= 0.3 is 0 Å². The molecule has 0 unspecified atom stereocenters. The Hall–Kier alpha value is -3.44. The van der Waals surface area contributed by atoms with E-state index in [-0.39, 0.29) is 5.91 Å². The van der Waals surface area contributed by atoms with Crippen LogP contribution >= 0.6 is 11.6 Å². The zero-order chi connectivity index (χ0) is 21.8. The Bertz CT molecular complexity index is 1220. The third kappa shape index (κ3) is 5.01. The number of amides is 1. The molecule has 0 aliphatic carbocycles. The molecule has 4 rings (SSSR count). The highest BCUT2D eigenvalue weighted by molar-refractivity contribution is 6.29. The lowest BCUT2D eigenvalue weighted by atomic mass is 10.1. The Kier molecular flexibility index (Phi) is 6.14. The number of carbonyl (C=O) groups excluding carboxylic acids is 1. The second kappa shape index (κ2) is 9.14. The van der Waals surface area contributed by atoms with E-state index in [0.29, 0.717) is 23.0 Å². The molecule has 0 atom stereocenters. The van der Waals surface area contributed by atoms with Crippen molar-refractivity contribution < 1.29 is 4.79 Å². The monoisotopic (exact) mass is 430 g/mol. The summed E-state index contributed by atoms with van der Waals surface area (Å²) in [6.07, 6.45) is 0.560. The summed E-state index contributed by atoms with van der Waals surface area (Å²) in [5.41, 5.74) is 2.40. The molecule has 0 radical (unpaired) electrons. The average molecular weight is 431 g/mol. The quantitative estimate of drug-likeness (QED) is 0.405. The van der Waals surface area contributed by atoms with Gasteiger partial charge in [0.1, 0.15) is 16.8 Å². The van der Waals surface area contributed by atoms with E-state index in [1.54, 1.807) is 6.07 Å². The highest BCUT2D eigenvalue weighted by atomic mass is 35.5. The van der Waals surface area contributed by atoms with Gasteiger partial charge in [-0.2, -0.15) is 0 Å². The van der Waals surface area contributed by atoms with E-state index in [1.165, 1.54) is 0 Å². The normalized spacial score (nSPS) is 10.8. The molecule has 6 heteroatoms. The lowest BCUT2D eigenvalue weighted by Crippen LogP contribution is -2.18. The van der Waals surface area contributed by atoms with Gasteiger partial charge in [0.05, 0.1) is 0 Å². The maximum absolute atomic E-state index is 12.7. The summed E-state index contributed by atoms with van der Waals surface area (Å²) >= 11 is 6.17. The Morgan fingerprint density at radius 3 is 2.45 bits per heavy atom. The average Bonchev–Trinajstić information content (AvgIpc) is 2.79. The van der Waals surface area contributed by atoms with E-state index in [0.717, 1.165) is 34.4 Å². The van der Waals surface area contributed by atoms with Gasteiger partial charge in [-0.05, 0) is 47.5 Å². The second-order valence-electron chi connectivity index (χ2n) is 7.37. The third-order valence-electron chi connectivity index (χ3n) is 5.18. The standard InChI is InChI=1S/C25H23ClN4O/c1-3-30(2)24-16-22(26)28-23(29-24)14-17-8-12-21(13-9-17)27-25(31)20-11-10-18-6-4-5-7-19(18)15-20/h4-13,15-16H,3,14H2,1-2H3,(H,27,31). The molecule has 0 saturated carbocycles. The molecule has 0 spiro atoms. The van der Waals surface area contributed by atoms with Gasteiger partial charge in [-0.25, -0.2) is 9.97 Å². The minimum atomic E-state index is -0.135. The fourth-order valence-electron chi connectivity index (χ4n) is 3.31. The summed E-state index contributed by atoms with van der Waals surface area (Å²) in [7, 11) is 1.97. The van der Waals surface area contributed by atoms with E-state index in [4.69, 9.17) is 11.6 Å². The van der Waals surface area contributed by atoms with Gasteiger partial charge in [-0.15, -0.1) is 0 Å². The lowest BCUT2D eigenvalue weighted by Gasteiger charge is -2.16. The van der Waals surface area contributed by atoms with Crippen molar-refractivity contribution in [2.75, 3.05) is 23.8 Å². The number of halogens is 1. The van der Waals surface area contributed by atoms with Crippen LogP contribution in [0, 0.1) is 0 Å². The van der Waals surface area contributed by atoms with Gasteiger partial charge in [-0.3, -0.25) is 4.79 Å². The molecule has 31 heavy (non-hydrogen) atoms. The summed E-state index contributed by atoms with van der Waals surface area (Å²) in [6, 6.07) is 23.2. The zero-order valence-corrected chi connectivity index (χ0v) is 18.2. The molecule has 156 valence electrons. The van der Waals surface area contributed by atoms with Crippen LogP contribution in [0.1, 0.15) is 28.7 Å². The Morgan fingerprint density at radius 2 is 1.71 bits per heavy atom. The van der Waals surface area contributed by atoms with Crippen molar-refractivity contribution in [1.29, 1.82) is 0 Å². The van der Waals surface area contributed by atoms with Crippen molar-refractivity contribution in [1.82, 2.24) is 9.97 Å². The lowest BCUT2D eigenvalue weighted by molar-refractivity contribution is 0.102. The van der Waals surface area contributed by atoms with Crippen molar-refractivity contribution in [2.24, 2.45) is 0 Å². The first-order valence-electron chi connectivity index (χ1n) is 10.2. The van der Waals surface area contributed by atoms with Gasteiger partial charge < -0.3 is 10.2 Å². The number of rotatable bonds is 6. The first-order valence-corrected chi connectivity index (χ1v) is 10.5. The number of fused-ring (bicyclic) bond motifs is 1. The third-order valence-corrected chi connectivity index (χ3v) is 5.37. The predicted octanol–water partition coefficient (Wildman–Crippen LogP) is 5.58. The fourth-order valence-corrected chi connectivity index (χ4v) is 3.51.